The zero-order valence-corrected chi connectivity index (χ0v) is 20.7. The molecule has 9 nitrogen and oxygen atoms in total. The maximum atomic E-state index is 13.0. The lowest BCUT2D eigenvalue weighted by Crippen LogP contribution is -2.32. The number of aryl methyl sites for hydroxylation is 1. The van der Waals surface area contributed by atoms with E-state index in [0.717, 1.165) is 10.5 Å². The highest BCUT2D eigenvalue weighted by Gasteiger charge is 2.39. The van der Waals surface area contributed by atoms with Crippen molar-refractivity contribution in [1.82, 2.24) is 0 Å². The van der Waals surface area contributed by atoms with Crippen LogP contribution < -0.4 is 20.7 Å². The van der Waals surface area contributed by atoms with Gasteiger partial charge in [0.25, 0.3) is 11.8 Å². The van der Waals surface area contributed by atoms with Crippen LogP contribution in [0.4, 0.5) is 17.1 Å². The summed E-state index contributed by atoms with van der Waals surface area (Å²) in [7, 11) is 0. The number of rotatable bonds is 7. The van der Waals surface area contributed by atoms with Gasteiger partial charge in [0.2, 0.25) is 0 Å². The average Bonchev–Trinajstić information content (AvgIpc) is 3.09. The lowest BCUT2D eigenvalue weighted by molar-refractivity contribution is -0.120. The number of amides is 2. The van der Waals surface area contributed by atoms with E-state index < -0.39 is 23.8 Å². The molecule has 1 heterocycles. The molecule has 3 aromatic carbocycles. The number of hydrogen-bond acceptors (Lipinski definition) is 8. The third kappa shape index (κ3) is 5.31. The maximum Gasteiger partial charge on any atom is 0.343 e. The first-order chi connectivity index (χ1) is 17.7. The quantitative estimate of drug-likeness (QED) is 0.203. The van der Waals surface area contributed by atoms with E-state index >= 15 is 0 Å². The molecule has 0 saturated carbocycles. The molecule has 0 unspecified atom stereocenters. The molecule has 3 aromatic rings. The predicted molar refractivity (Wildman–Crippen MR) is 138 cm³/mol. The molecular formula is C27H22ClN3O6. The Balaban J connectivity index is 1.46. The van der Waals surface area contributed by atoms with Crippen LogP contribution in [0.25, 0.3) is 0 Å². The smallest absolute Gasteiger partial charge is 0.343 e. The minimum atomic E-state index is -0.714. The standard InChI is InChI=1S/C27H22ClN3O6/c1-3-36-26(34)16-7-11-19(12-8-16)31-24(32)22(28)23(25(31)33)30-18-9-5-17(6-10-18)27(35)37-21-13-4-15(2)14-20(21)29/h4-14,30H,3,29H2,1-2H3. The summed E-state index contributed by atoms with van der Waals surface area (Å²) >= 11 is 6.18. The Morgan fingerprint density at radius 2 is 1.54 bits per heavy atom. The fourth-order valence-corrected chi connectivity index (χ4v) is 3.77. The van der Waals surface area contributed by atoms with Gasteiger partial charge < -0.3 is 20.5 Å². The van der Waals surface area contributed by atoms with Gasteiger partial charge in [0.15, 0.2) is 5.75 Å². The lowest BCUT2D eigenvalue weighted by atomic mass is 10.2. The molecule has 0 fully saturated rings. The fraction of sp³-hybridized carbons (Fsp3) is 0.111. The van der Waals surface area contributed by atoms with Gasteiger partial charge >= 0.3 is 11.9 Å². The van der Waals surface area contributed by atoms with E-state index in [4.69, 9.17) is 26.8 Å². The number of imide groups is 1. The number of halogens is 1. The number of nitrogens with one attached hydrogen (secondary N) is 1. The van der Waals surface area contributed by atoms with E-state index in [2.05, 4.69) is 5.32 Å². The van der Waals surface area contributed by atoms with Crippen molar-refractivity contribution in [3.8, 4) is 5.75 Å². The van der Waals surface area contributed by atoms with Gasteiger partial charge in [-0.15, -0.1) is 0 Å². The van der Waals surface area contributed by atoms with E-state index in [-0.39, 0.29) is 39.9 Å². The lowest BCUT2D eigenvalue weighted by Gasteiger charge is -2.15. The number of carbonyl (C=O) groups is 4. The van der Waals surface area contributed by atoms with E-state index in [1.165, 1.54) is 36.4 Å². The van der Waals surface area contributed by atoms with Crippen molar-refractivity contribution in [3.05, 3.63) is 94.1 Å². The number of nitrogens with zero attached hydrogens (tertiary/aromatic N) is 1. The second-order valence-electron chi connectivity index (χ2n) is 8.04. The summed E-state index contributed by atoms with van der Waals surface area (Å²) in [6.45, 7) is 3.79. The maximum absolute atomic E-state index is 13.0. The van der Waals surface area contributed by atoms with E-state index in [1.807, 2.05) is 6.92 Å². The highest BCUT2D eigenvalue weighted by Crippen LogP contribution is 2.30. The summed E-state index contributed by atoms with van der Waals surface area (Å²) in [6, 6.07) is 17.0. The molecule has 4 rings (SSSR count). The van der Waals surface area contributed by atoms with Gasteiger partial charge in [-0.1, -0.05) is 17.7 Å². The summed E-state index contributed by atoms with van der Waals surface area (Å²) in [5.74, 6) is -2.25. The Labute approximate surface area is 217 Å². The van der Waals surface area contributed by atoms with Crippen LogP contribution in [0.1, 0.15) is 33.2 Å². The molecule has 3 N–H and O–H groups in total. The number of benzene rings is 3. The zero-order valence-electron chi connectivity index (χ0n) is 19.9. The molecule has 1 aliphatic heterocycles. The molecule has 10 heteroatoms. The minimum Gasteiger partial charge on any atom is -0.462 e. The number of ether oxygens (including phenoxy) is 2. The fourth-order valence-electron chi connectivity index (χ4n) is 3.56. The normalized spacial score (nSPS) is 13.1. The van der Waals surface area contributed by atoms with Crippen molar-refractivity contribution in [2.45, 2.75) is 13.8 Å². The molecular weight excluding hydrogens is 498 g/mol. The van der Waals surface area contributed by atoms with Crippen LogP contribution in [-0.4, -0.2) is 30.4 Å². The number of nitrogens with two attached hydrogens (primary N) is 1. The highest BCUT2D eigenvalue weighted by molar-refractivity contribution is 6.53. The van der Waals surface area contributed by atoms with Crippen molar-refractivity contribution in [1.29, 1.82) is 0 Å². The van der Waals surface area contributed by atoms with Crippen LogP contribution >= 0.6 is 11.6 Å². The monoisotopic (exact) mass is 519 g/mol. The Bertz CT molecular complexity index is 1430. The number of nitrogen functional groups attached to an aromatic ring is 1. The summed E-state index contributed by atoms with van der Waals surface area (Å²) in [5.41, 5.74) is 8.25. The third-order valence-corrected chi connectivity index (χ3v) is 5.77. The van der Waals surface area contributed by atoms with Gasteiger partial charge in [-0.2, -0.15) is 0 Å². The Morgan fingerprint density at radius 3 is 2.16 bits per heavy atom. The van der Waals surface area contributed by atoms with Gasteiger partial charge in [-0.25, -0.2) is 14.5 Å². The molecule has 2 amide bonds. The van der Waals surface area contributed by atoms with Gasteiger partial charge in [0.1, 0.15) is 10.7 Å². The van der Waals surface area contributed by atoms with Crippen molar-refractivity contribution in [2.75, 3.05) is 22.6 Å². The summed E-state index contributed by atoms with van der Waals surface area (Å²) in [5, 5.41) is 2.54. The van der Waals surface area contributed by atoms with Gasteiger partial charge in [0.05, 0.1) is 29.1 Å². The van der Waals surface area contributed by atoms with Crippen molar-refractivity contribution in [3.63, 3.8) is 0 Å². The summed E-state index contributed by atoms with van der Waals surface area (Å²) in [4.78, 5) is 51.0. The molecule has 37 heavy (non-hydrogen) atoms. The Hall–Kier alpha value is -4.63. The van der Waals surface area contributed by atoms with Gasteiger partial charge in [-0.3, -0.25) is 9.59 Å². The van der Waals surface area contributed by atoms with Crippen molar-refractivity contribution < 1.29 is 28.7 Å². The summed E-state index contributed by atoms with van der Waals surface area (Å²) in [6.07, 6.45) is 0. The Morgan fingerprint density at radius 1 is 0.919 bits per heavy atom. The highest BCUT2D eigenvalue weighted by atomic mass is 35.5. The minimum absolute atomic E-state index is 0.121. The largest absolute Gasteiger partial charge is 0.462 e. The molecule has 0 saturated heterocycles. The molecule has 0 aliphatic carbocycles. The molecule has 0 aromatic heterocycles. The second-order valence-corrected chi connectivity index (χ2v) is 8.41. The Kier molecular flexibility index (Phi) is 7.26. The second kappa shape index (κ2) is 10.5. The number of anilines is 3. The zero-order chi connectivity index (χ0) is 26.7. The van der Waals surface area contributed by atoms with Gasteiger partial charge in [0, 0.05) is 5.69 Å². The van der Waals surface area contributed by atoms with Crippen LogP contribution in [0.3, 0.4) is 0 Å². The SMILES string of the molecule is CCOC(=O)c1ccc(N2C(=O)C(Cl)=C(Nc3ccc(C(=O)Oc4ccc(C)cc4N)cc3)C2=O)cc1. The average molecular weight is 520 g/mol. The summed E-state index contributed by atoms with van der Waals surface area (Å²) < 4.78 is 10.3. The number of hydrogen-bond donors (Lipinski definition) is 2. The van der Waals surface area contributed by atoms with Crippen molar-refractivity contribution >= 4 is 52.4 Å². The topological polar surface area (TPSA) is 128 Å². The number of esters is 2. The van der Waals surface area contributed by atoms with Crippen LogP contribution in [-0.2, 0) is 14.3 Å². The van der Waals surface area contributed by atoms with Crippen LogP contribution in [0, 0.1) is 6.92 Å². The van der Waals surface area contributed by atoms with Crippen molar-refractivity contribution in [2.24, 2.45) is 0 Å². The van der Waals surface area contributed by atoms with Crippen LogP contribution in [0.15, 0.2) is 77.5 Å². The number of carbonyl (C=O) groups excluding carboxylic acids is 4. The van der Waals surface area contributed by atoms with E-state index in [9.17, 15) is 19.2 Å². The molecule has 0 spiro atoms. The van der Waals surface area contributed by atoms with E-state index in [0.29, 0.717) is 11.4 Å². The molecule has 0 atom stereocenters. The molecule has 0 bridgehead atoms. The first-order valence-corrected chi connectivity index (χ1v) is 11.6. The van der Waals surface area contributed by atoms with Crippen LogP contribution in [0.2, 0.25) is 0 Å². The van der Waals surface area contributed by atoms with Crippen LogP contribution in [0.5, 0.6) is 5.75 Å². The third-order valence-electron chi connectivity index (χ3n) is 5.42. The molecule has 188 valence electrons. The predicted octanol–water partition coefficient (Wildman–Crippen LogP) is 4.41. The first-order valence-electron chi connectivity index (χ1n) is 11.2. The molecule has 1 aliphatic rings. The van der Waals surface area contributed by atoms with E-state index in [1.54, 1.807) is 37.3 Å². The van der Waals surface area contributed by atoms with Gasteiger partial charge in [-0.05, 0) is 80.1 Å². The first kappa shape index (κ1) is 25.5. The molecule has 0 radical (unpaired) electrons.